The Labute approximate surface area is 204 Å². The van der Waals surface area contributed by atoms with E-state index in [2.05, 4.69) is 24.3 Å². The molecule has 1 fully saturated rings. The van der Waals surface area contributed by atoms with Gasteiger partial charge in [0.15, 0.2) is 0 Å². The molecule has 0 aromatic heterocycles. The number of ether oxygens (including phenoxy) is 2. The number of methoxy groups -OCH3 is 1. The zero-order chi connectivity index (χ0) is 24.6. The highest BCUT2D eigenvalue weighted by atomic mass is 16.5. The van der Waals surface area contributed by atoms with Crippen LogP contribution in [0.15, 0.2) is 72.8 Å². The van der Waals surface area contributed by atoms with Crippen molar-refractivity contribution in [1.29, 1.82) is 0 Å². The van der Waals surface area contributed by atoms with E-state index in [1.807, 2.05) is 53.4 Å². The first kappa shape index (κ1) is 22.9. The molecule has 0 spiro atoms. The van der Waals surface area contributed by atoms with Crippen LogP contribution in [0.4, 0.5) is 5.69 Å². The van der Waals surface area contributed by atoms with Crippen LogP contribution in [0.25, 0.3) is 11.1 Å². The maximum atomic E-state index is 13.5. The Hall–Kier alpha value is -3.84. The summed E-state index contributed by atoms with van der Waals surface area (Å²) < 4.78 is 11.2. The van der Waals surface area contributed by atoms with Gasteiger partial charge in [-0.1, -0.05) is 54.6 Å². The van der Waals surface area contributed by atoms with Gasteiger partial charge >= 0.3 is 11.9 Å². The number of carbonyl (C=O) groups is 2. The van der Waals surface area contributed by atoms with E-state index in [-0.39, 0.29) is 25.4 Å². The quantitative estimate of drug-likeness (QED) is 0.526. The van der Waals surface area contributed by atoms with Crippen LogP contribution in [0.1, 0.15) is 29.9 Å². The Morgan fingerprint density at radius 3 is 2.31 bits per heavy atom. The molecule has 7 nitrogen and oxygen atoms in total. The minimum Gasteiger partial charge on any atom is -0.497 e. The largest absolute Gasteiger partial charge is 0.497 e. The second-order valence-corrected chi connectivity index (χ2v) is 9.18. The molecule has 180 valence electrons. The van der Waals surface area contributed by atoms with Crippen molar-refractivity contribution in [3.8, 4) is 16.9 Å². The van der Waals surface area contributed by atoms with E-state index in [0.29, 0.717) is 12.3 Å². The SMILES string of the molecule is COc1cccc(N2CCC(N)(C(=O)O)CC2C(=O)OCC2c3ccccc3-c3ccccc32)c1. The van der Waals surface area contributed by atoms with Crippen LogP contribution < -0.4 is 15.4 Å². The summed E-state index contributed by atoms with van der Waals surface area (Å²) in [6.07, 6.45) is 0.170. The summed E-state index contributed by atoms with van der Waals surface area (Å²) in [5, 5.41) is 9.74. The summed E-state index contributed by atoms with van der Waals surface area (Å²) >= 11 is 0. The van der Waals surface area contributed by atoms with E-state index < -0.39 is 23.5 Å². The lowest BCUT2D eigenvalue weighted by Crippen LogP contribution is -2.61. The van der Waals surface area contributed by atoms with E-state index in [4.69, 9.17) is 15.2 Å². The summed E-state index contributed by atoms with van der Waals surface area (Å²) in [5.74, 6) is -1.02. The van der Waals surface area contributed by atoms with Gasteiger partial charge in [-0.25, -0.2) is 4.79 Å². The minimum atomic E-state index is -1.49. The number of carboxylic acid groups (broad SMARTS) is 1. The molecule has 3 N–H and O–H groups in total. The van der Waals surface area contributed by atoms with Crippen LogP contribution in [0, 0.1) is 0 Å². The van der Waals surface area contributed by atoms with Crippen molar-refractivity contribution in [2.45, 2.75) is 30.3 Å². The molecule has 3 aromatic carbocycles. The van der Waals surface area contributed by atoms with Crippen molar-refractivity contribution in [2.24, 2.45) is 5.73 Å². The third-order valence-corrected chi connectivity index (χ3v) is 7.17. The van der Waals surface area contributed by atoms with Gasteiger partial charge in [-0.15, -0.1) is 0 Å². The predicted molar refractivity (Wildman–Crippen MR) is 133 cm³/mol. The zero-order valence-electron chi connectivity index (χ0n) is 19.5. The lowest BCUT2D eigenvalue weighted by atomic mass is 9.83. The first-order valence-electron chi connectivity index (χ1n) is 11.7. The maximum absolute atomic E-state index is 13.5. The van der Waals surface area contributed by atoms with Crippen LogP contribution >= 0.6 is 0 Å². The molecule has 0 bridgehead atoms. The molecule has 2 aliphatic rings. The molecule has 0 amide bonds. The van der Waals surface area contributed by atoms with Crippen molar-refractivity contribution < 1.29 is 24.2 Å². The van der Waals surface area contributed by atoms with E-state index in [1.165, 1.54) is 0 Å². The molecular weight excluding hydrogens is 444 g/mol. The molecule has 2 atom stereocenters. The number of rotatable bonds is 6. The number of nitrogens with zero attached hydrogens (tertiary/aromatic N) is 1. The fourth-order valence-corrected chi connectivity index (χ4v) is 5.24. The molecule has 1 heterocycles. The van der Waals surface area contributed by atoms with Crippen molar-refractivity contribution in [3.05, 3.63) is 83.9 Å². The number of carboxylic acids is 1. The van der Waals surface area contributed by atoms with Crippen LogP contribution in [0.2, 0.25) is 0 Å². The van der Waals surface area contributed by atoms with E-state index in [1.54, 1.807) is 7.11 Å². The predicted octanol–water partition coefficient (Wildman–Crippen LogP) is 3.80. The number of hydrogen-bond acceptors (Lipinski definition) is 6. The first-order valence-corrected chi connectivity index (χ1v) is 11.7. The zero-order valence-corrected chi connectivity index (χ0v) is 19.5. The van der Waals surface area contributed by atoms with E-state index >= 15 is 0 Å². The molecule has 1 aliphatic carbocycles. The molecule has 5 rings (SSSR count). The number of hydrogen-bond donors (Lipinski definition) is 2. The Morgan fingerprint density at radius 2 is 1.69 bits per heavy atom. The standard InChI is InChI=1S/C28H28N2O5/c1-34-19-8-6-7-18(15-19)30-14-13-28(29,27(32)33)16-25(30)26(31)35-17-24-22-11-4-2-9-20(22)21-10-3-5-12-23(21)24/h2-12,15,24-25H,13-14,16-17,29H2,1H3,(H,32,33). The monoisotopic (exact) mass is 472 g/mol. The second kappa shape index (κ2) is 9.07. The lowest BCUT2D eigenvalue weighted by Gasteiger charge is -2.42. The number of fused-ring (bicyclic) bond motifs is 3. The first-order chi connectivity index (χ1) is 16.9. The summed E-state index contributed by atoms with van der Waals surface area (Å²) in [6.45, 7) is 0.477. The van der Waals surface area contributed by atoms with Crippen molar-refractivity contribution >= 4 is 17.6 Å². The molecular formula is C28H28N2O5. The molecule has 2 unspecified atom stereocenters. The van der Waals surface area contributed by atoms with Gasteiger partial charge in [0.25, 0.3) is 0 Å². The Bertz CT molecular complexity index is 1230. The average Bonchev–Trinajstić information content (AvgIpc) is 3.21. The summed E-state index contributed by atoms with van der Waals surface area (Å²) in [7, 11) is 1.58. The number of benzene rings is 3. The fourth-order valence-electron chi connectivity index (χ4n) is 5.24. The van der Waals surface area contributed by atoms with Gasteiger partial charge in [-0.2, -0.15) is 0 Å². The number of carbonyl (C=O) groups excluding carboxylic acids is 1. The molecule has 1 aliphatic heterocycles. The van der Waals surface area contributed by atoms with Gasteiger partial charge < -0.3 is 25.2 Å². The molecule has 0 saturated carbocycles. The van der Waals surface area contributed by atoms with Crippen LogP contribution in [-0.2, 0) is 14.3 Å². The molecule has 0 radical (unpaired) electrons. The number of nitrogens with two attached hydrogens (primary N) is 1. The van der Waals surface area contributed by atoms with Crippen LogP contribution in [-0.4, -0.2) is 48.9 Å². The van der Waals surface area contributed by atoms with Crippen molar-refractivity contribution in [1.82, 2.24) is 0 Å². The minimum absolute atomic E-state index is 0.0454. The number of anilines is 1. The highest BCUT2D eigenvalue weighted by molar-refractivity contribution is 5.86. The van der Waals surface area contributed by atoms with Crippen LogP contribution in [0.5, 0.6) is 5.75 Å². The number of piperidine rings is 1. The Kier molecular flexibility index (Phi) is 5.94. The Balaban J connectivity index is 1.41. The molecule has 1 saturated heterocycles. The number of aliphatic carboxylic acids is 1. The topological polar surface area (TPSA) is 102 Å². The lowest BCUT2D eigenvalue weighted by molar-refractivity contribution is -0.149. The van der Waals surface area contributed by atoms with E-state index in [0.717, 1.165) is 27.9 Å². The normalized spacial score (nSPS) is 21.2. The van der Waals surface area contributed by atoms with Gasteiger partial charge in [0.05, 0.1) is 7.11 Å². The van der Waals surface area contributed by atoms with Gasteiger partial charge in [-0.3, -0.25) is 4.79 Å². The van der Waals surface area contributed by atoms with Gasteiger partial charge in [0, 0.05) is 30.6 Å². The summed E-state index contributed by atoms with van der Waals surface area (Å²) in [4.78, 5) is 27.3. The van der Waals surface area contributed by atoms with Crippen molar-refractivity contribution in [3.63, 3.8) is 0 Å². The third kappa shape index (κ3) is 4.12. The molecule has 3 aromatic rings. The smallest absolute Gasteiger partial charge is 0.328 e. The van der Waals surface area contributed by atoms with E-state index in [9.17, 15) is 14.7 Å². The summed E-state index contributed by atoms with van der Waals surface area (Å²) in [5.41, 5.74) is 10.0. The highest BCUT2D eigenvalue weighted by Gasteiger charge is 2.46. The van der Waals surface area contributed by atoms with Gasteiger partial charge in [0.1, 0.15) is 23.9 Å². The molecule has 35 heavy (non-hydrogen) atoms. The van der Waals surface area contributed by atoms with Crippen molar-refractivity contribution in [2.75, 3.05) is 25.2 Å². The summed E-state index contributed by atoms with van der Waals surface area (Å²) in [6, 6.07) is 22.8. The Morgan fingerprint density at radius 1 is 1.03 bits per heavy atom. The molecule has 7 heteroatoms. The number of esters is 1. The fraction of sp³-hybridized carbons (Fsp3) is 0.286. The average molecular weight is 473 g/mol. The van der Waals surface area contributed by atoms with Crippen LogP contribution in [0.3, 0.4) is 0 Å². The highest BCUT2D eigenvalue weighted by Crippen LogP contribution is 2.44. The second-order valence-electron chi connectivity index (χ2n) is 9.18. The van der Waals surface area contributed by atoms with Gasteiger partial charge in [-0.05, 0) is 40.8 Å². The third-order valence-electron chi connectivity index (χ3n) is 7.17. The van der Waals surface area contributed by atoms with Gasteiger partial charge in [0.2, 0.25) is 0 Å². The maximum Gasteiger partial charge on any atom is 0.328 e.